The van der Waals surface area contributed by atoms with E-state index in [2.05, 4.69) is 28.8 Å². The Hall–Kier alpha value is -1.43. The highest BCUT2D eigenvalue weighted by molar-refractivity contribution is 5.78. The Labute approximate surface area is 152 Å². The van der Waals surface area contributed by atoms with Crippen LogP contribution in [0.1, 0.15) is 58.1 Å². The standard InChI is InChI=1S/C19H35N5O/c1-15(2)23(13-12-22-10-8-6-7-9-11-22)19(25)16(3)14-24-18(5)20-17(4)21-24/h15-16H,6-14H2,1-5H3/t16-/m0/s1. The Morgan fingerprint density at radius 2 is 1.76 bits per heavy atom. The molecule has 1 fully saturated rings. The fourth-order valence-corrected chi connectivity index (χ4v) is 3.59. The van der Waals surface area contributed by atoms with Crippen LogP contribution >= 0.6 is 0 Å². The first-order valence-corrected chi connectivity index (χ1v) is 9.79. The van der Waals surface area contributed by atoms with Crippen LogP contribution in [-0.4, -0.2) is 62.7 Å². The second-order valence-corrected chi connectivity index (χ2v) is 7.67. The molecule has 2 heterocycles. The molecule has 2 rings (SSSR count). The van der Waals surface area contributed by atoms with Gasteiger partial charge < -0.3 is 9.80 Å². The summed E-state index contributed by atoms with van der Waals surface area (Å²) in [7, 11) is 0. The quantitative estimate of drug-likeness (QED) is 0.759. The number of likely N-dealkylation sites (tertiary alicyclic amines) is 1. The van der Waals surface area contributed by atoms with E-state index in [9.17, 15) is 4.79 Å². The van der Waals surface area contributed by atoms with Crippen LogP contribution in [0.2, 0.25) is 0 Å². The van der Waals surface area contributed by atoms with E-state index in [-0.39, 0.29) is 17.9 Å². The first-order chi connectivity index (χ1) is 11.9. The van der Waals surface area contributed by atoms with Crippen molar-refractivity contribution in [2.45, 2.75) is 72.9 Å². The lowest BCUT2D eigenvalue weighted by Gasteiger charge is -2.32. The molecule has 142 valence electrons. The van der Waals surface area contributed by atoms with Crippen LogP contribution in [0.15, 0.2) is 0 Å². The average Bonchev–Trinajstić information content (AvgIpc) is 2.76. The molecule has 1 aliphatic heterocycles. The normalized spacial score (nSPS) is 17.5. The van der Waals surface area contributed by atoms with Crippen LogP contribution in [-0.2, 0) is 11.3 Å². The molecule has 0 saturated carbocycles. The highest BCUT2D eigenvalue weighted by Crippen LogP contribution is 2.13. The topological polar surface area (TPSA) is 54.3 Å². The number of carbonyl (C=O) groups is 1. The van der Waals surface area contributed by atoms with Gasteiger partial charge in [0, 0.05) is 19.1 Å². The van der Waals surface area contributed by atoms with Gasteiger partial charge in [-0.25, -0.2) is 9.67 Å². The van der Waals surface area contributed by atoms with Gasteiger partial charge >= 0.3 is 0 Å². The predicted octanol–water partition coefficient (Wildman–Crippen LogP) is 2.64. The van der Waals surface area contributed by atoms with Crippen molar-refractivity contribution >= 4 is 5.91 Å². The molecule has 0 radical (unpaired) electrons. The zero-order valence-corrected chi connectivity index (χ0v) is 16.7. The van der Waals surface area contributed by atoms with Gasteiger partial charge in [-0.1, -0.05) is 19.8 Å². The van der Waals surface area contributed by atoms with Gasteiger partial charge in [0.1, 0.15) is 11.6 Å². The molecule has 0 N–H and O–H groups in total. The van der Waals surface area contributed by atoms with Crippen LogP contribution in [0.3, 0.4) is 0 Å². The Kier molecular flexibility index (Phi) is 7.41. The summed E-state index contributed by atoms with van der Waals surface area (Å²) in [6.07, 6.45) is 5.27. The molecule has 0 bridgehead atoms. The summed E-state index contributed by atoms with van der Waals surface area (Å²) in [6, 6.07) is 0.223. The molecule has 0 aromatic carbocycles. The zero-order chi connectivity index (χ0) is 18.4. The van der Waals surface area contributed by atoms with Crippen molar-refractivity contribution in [1.82, 2.24) is 24.6 Å². The fourth-order valence-electron chi connectivity index (χ4n) is 3.59. The van der Waals surface area contributed by atoms with E-state index in [4.69, 9.17) is 0 Å². The number of carbonyl (C=O) groups excluding carboxylic acids is 1. The minimum Gasteiger partial charge on any atom is -0.339 e. The van der Waals surface area contributed by atoms with Gasteiger partial charge in [0.15, 0.2) is 0 Å². The largest absolute Gasteiger partial charge is 0.339 e. The number of aryl methyl sites for hydroxylation is 2. The third kappa shape index (κ3) is 5.80. The van der Waals surface area contributed by atoms with E-state index >= 15 is 0 Å². The molecule has 0 spiro atoms. The Balaban J connectivity index is 1.93. The Morgan fingerprint density at radius 1 is 1.12 bits per heavy atom. The summed E-state index contributed by atoms with van der Waals surface area (Å²) < 4.78 is 1.85. The number of rotatable bonds is 7. The highest BCUT2D eigenvalue weighted by Gasteiger charge is 2.24. The molecule has 1 aliphatic rings. The summed E-state index contributed by atoms with van der Waals surface area (Å²) in [6.45, 7) is 14.8. The third-order valence-electron chi connectivity index (χ3n) is 5.09. The molecule has 0 aliphatic carbocycles. The second-order valence-electron chi connectivity index (χ2n) is 7.67. The minimum atomic E-state index is -0.0914. The van der Waals surface area contributed by atoms with E-state index in [0.29, 0.717) is 6.54 Å². The molecular formula is C19H35N5O. The maximum absolute atomic E-state index is 13.0. The van der Waals surface area contributed by atoms with Crippen molar-refractivity contribution in [3.05, 3.63) is 11.6 Å². The Morgan fingerprint density at radius 3 is 2.28 bits per heavy atom. The molecule has 1 amide bonds. The smallest absolute Gasteiger partial charge is 0.227 e. The maximum Gasteiger partial charge on any atom is 0.227 e. The van der Waals surface area contributed by atoms with E-state index in [1.165, 1.54) is 38.8 Å². The van der Waals surface area contributed by atoms with Gasteiger partial charge in [-0.3, -0.25) is 4.79 Å². The molecule has 1 aromatic heterocycles. The summed E-state index contributed by atoms with van der Waals surface area (Å²) in [5, 5.41) is 4.39. The molecule has 6 nitrogen and oxygen atoms in total. The average molecular weight is 350 g/mol. The lowest BCUT2D eigenvalue weighted by molar-refractivity contribution is -0.137. The van der Waals surface area contributed by atoms with Gasteiger partial charge in [-0.2, -0.15) is 5.10 Å². The van der Waals surface area contributed by atoms with Crippen molar-refractivity contribution < 1.29 is 4.79 Å². The van der Waals surface area contributed by atoms with Gasteiger partial charge in [0.25, 0.3) is 0 Å². The molecule has 6 heteroatoms. The molecule has 1 aromatic rings. The van der Waals surface area contributed by atoms with Crippen molar-refractivity contribution in [3.8, 4) is 0 Å². The second kappa shape index (κ2) is 9.32. The molecular weight excluding hydrogens is 314 g/mol. The van der Waals surface area contributed by atoms with Crippen molar-refractivity contribution in [2.24, 2.45) is 5.92 Å². The monoisotopic (exact) mass is 349 g/mol. The zero-order valence-electron chi connectivity index (χ0n) is 16.7. The van der Waals surface area contributed by atoms with Crippen LogP contribution < -0.4 is 0 Å². The summed E-state index contributed by atoms with van der Waals surface area (Å²) in [4.78, 5) is 21.9. The van der Waals surface area contributed by atoms with E-state index in [0.717, 1.165) is 24.7 Å². The van der Waals surface area contributed by atoms with E-state index in [1.807, 2.05) is 30.4 Å². The van der Waals surface area contributed by atoms with Crippen LogP contribution in [0, 0.1) is 19.8 Å². The van der Waals surface area contributed by atoms with E-state index < -0.39 is 0 Å². The lowest BCUT2D eigenvalue weighted by atomic mass is 10.1. The van der Waals surface area contributed by atoms with Crippen molar-refractivity contribution in [1.29, 1.82) is 0 Å². The van der Waals surface area contributed by atoms with Crippen LogP contribution in [0.25, 0.3) is 0 Å². The maximum atomic E-state index is 13.0. The third-order valence-corrected chi connectivity index (χ3v) is 5.09. The highest BCUT2D eigenvalue weighted by atomic mass is 16.2. The molecule has 1 saturated heterocycles. The molecule has 25 heavy (non-hydrogen) atoms. The van der Waals surface area contributed by atoms with Crippen molar-refractivity contribution in [3.63, 3.8) is 0 Å². The van der Waals surface area contributed by atoms with Gasteiger partial charge in [-0.15, -0.1) is 0 Å². The SMILES string of the molecule is Cc1nc(C)n(C[C@H](C)C(=O)N(CCN2CCCCCC2)C(C)C)n1. The number of amides is 1. The van der Waals surface area contributed by atoms with Crippen LogP contribution in [0.4, 0.5) is 0 Å². The van der Waals surface area contributed by atoms with Gasteiger partial charge in [0.2, 0.25) is 5.91 Å². The minimum absolute atomic E-state index is 0.0914. The van der Waals surface area contributed by atoms with Gasteiger partial charge in [0.05, 0.1) is 12.5 Å². The molecule has 1 atom stereocenters. The first-order valence-electron chi connectivity index (χ1n) is 9.79. The summed E-state index contributed by atoms with van der Waals surface area (Å²) in [5.74, 6) is 1.76. The lowest BCUT2D eigenvalue weighted by Crippen LogP contribution is -2.45. The fraction of sp³-hybridized carbons (Fsp3) is 0.842. The Bertz CT molecular complexity index is 546. The molecule has 0 unspecified atom stereocenters. The number of hydrogen-bond acceptors (Lipinski definition) is 4. The first kappa shape index (κ1) is 19.9. The number of aromatic nitrogens is 3. The van der Waals surface area contributed by atoms with Gasteiger partial charge in [-0.05, 0) is 53.6 Å². The van der Waals surface area contributed by atoms with Crippen molar-refractivity contribution in [2.75, 3.05) is 26.2 Å². The number of nitrogens with zero attached hydrogens (tertiary/aromatic N) is 5. The summed E-state index contributed by atoms with van der Waals surface area (Å²) in [5.41, 5.74) is 0. The van der Waals surface area contributed by atoms with E-state index in [1.54, 1.807) is 0 Å². The van der Waals surface area contributed by atoms with Crippen LogP contribution in [0.5, 0.6) is 0 Å². The number of hydrogen-bond donors (Lipinski definition) is 0. The predicted molar refractivity (Wildman–Crippen MR) is 100 cm³/mol. The summed E-state index contributed by atoms with van der Waals surface area (Å²) >= 11 is 0.